The highest BCUT2D eigenvalue weighted by Crippen LogP contribution is 2.13. The third-order valence-corrected chi connectivity index (χ3v) is 3.16. The molecule has 3 rings (SSSR count). The molecular formula is C15H16N4. The normalized spacial score (nSPS) is 11.0. The number of nitrogens with two attached hydrogens (primary N) is 1. The van der Waals surface area contributed by atoms with Crippen molar-refractivity contribution >= 4 is 11.3 Å². The van der Waals surface area contributed by atoms with Crippen LogP contribution in [0.4, 0.5) is 5.69 Å². The minimum Gasteiger partial charge on any atom is -0.397 e. The van der Waals surface area contributed by atoms with E-state index in [1.165, 1.54) is 5.56 Å². The molecule has 4 heteroatoms. The Hall–Kier alpha value is -2.36. The van der Waals surface area contributed by atoms with Gasteiger partial charge >= 0.3 is 0 Å². The van der Waals surface area contributed by atoms with E-state index in [-0.39, 0.29) is 0 Å². The van der Waals surface area contributed by atoms with Gasteiger partial charge in [-0.2, -0.15) is 5.10 Å². The quantitative estimate of drug-likeness (QED) is 0.778. The van der Waals surface area contributed by atoms with E-state index in [9.17, 15) is 0 Å². The van der Waals surface area contributed by atoms with Gasteiger partial charge in [0, 0.05) is 6.42 Å². The second kappa shape index (κ2) is 4.72. The fraction of sp³-hybridized carbons (Fsp3) is 0.200. The van der Waals surface area contributed by atoms with E-state index in [1.54, 1.807) is 10.7 Å². The minimum atomic E-state index is 0.713. The molecule has 0 bridgehead atoms. The zero-order valence-electron chi connectivity index (χ0n) is 10.9. The summed E-state index contributed by atoms with van der Waals surface area (Å²) in [5.41, 5.74) is 9.77. The van der Waals surface area contributed by atoms with Crippen molar-refractivity contribution < 1.29 is 0 Å². The molecule has 19 heavy (non-hydrogen) atoms. The molecule has 3 aromatic rings. The molecule has 0 unspecified atom stereocenters. The van der Waals surface area contributed by atoms with E-state index in [0.717, 1.165) is 29.9 Å². The maximum atomic E-state index is 5.81. The number of fused-ring (bicyclic) bond motifs is 1. The molecule has 4 nitrogen and oxygen atoms in total. The Labute approximate surface area is 111 Å². The number of nitrogen functional groups attached to an aromatic ring is 1. The molecule has 0 amide bonds. The highest BCUT2D eigenvalue weighted by atomic mass is 15.3. The molecule has 0 saturated heterocycles. The zero-order chi connectivity index (χ0) is 13.2. The predicted octanol–water partition coefficient (Wildman–Crippen LogP) is 2.41. The number of pyridine rings is 1. The molecule has 0 saturated carbocycles. The third kappa shape index (κ3) is 2.42. The molecule has 0 aliphatic rings. The number of hydrogen-bond acceptors (Lipinski definition) is 3. The maximum absolute atomic E-state index is 5.81. The van der Waals surface area contributed by atoms with Crippen molar-refractivity contribution in [1.82, 2.24) is 14.6 Å². The van der Waals surface area contributed by atoms with Crippen LogP contribution < -0.4 is 5.73 Å². The molecule has 0 atom stereocenters. The second-order valence-corrected chi connectivity index (χ2v) is 4.74. The fourth-order valence-electron chi connectivity index (χ4n) is 2.23. The van der Waals surface area contributed by atoms with Crippen molar-refractivity contribution in [2.75, 3.05) is 5.73 Å². The van der Waals surface area contributed by atoms with Gasteiger partial charge in [-0.25, -0.2) is 9.50 Å². The molecule has 0 aliphatic carbocycles. The molecule has 0 aliphatic heterocycles. The molecular weight excluding hydrogens is 236 g/mol. The van der Waals surface area contributed by atoms with E-state index >= 15 is 0 Å². The minimum absolute atomic E-state index is 0.713. The number of aromatic nitrogens is 3. The standard InChI is InChI=1S/C15H16N4/c1-11-9-13(16)10-19-15(11)17-14(18-19)8-7-12-5-3-2-4-6-12/h2-6,9-10H,7-8,16H2,1H3. The molecule has 2 heterocycles. The lowest BCUT2D eigenvalue weighted by Gasteiger charge is -1.97. The van der Waals surface area contributed by atoms with Crippen molar-refractivity contribution in [2.45, 2.75) is 19.8 Å². The lowest BCUT2D eigenvalue weighted by molar-refractivity contribution is 0.837. The number of aryl methyl sites for hydroxylation is 3. The van der Waals surface area contributed by atoms with Crippen LogP contribution in [-0.2, 0) is 12.8 Å². The van der Waals surface area contributed by atoms with Crippen LogP contribution in [0.1, 0.15) is 17.0 Å². The van der Waals surface area contributed by atoms with E-state index in [0.29, 0.717) is 5.69 Å². The van der Waals surface area contributed by atoms with Crippen LogP contribution in [0.3, 0.4) is 0 Å². The van der Waals surface area contributed by atoms with Gasteiger partial charge < -0.3 is 5.73 Å². The first-order valence-corrected chi connectivity index (χ1v) is 6.38. The van der Waals surface area contributed by atoms with Crippen LogP contribution in [-0.4, -0.2) is 14.6 Å². The summed E-state index contributed by atoms with van der Waals surface area (Å²) in [5.74, 6) is 0.859. The van der Waals surface area contributed by atoms with Crippen LogP contribution in [0.2, 0.25) is 0 Å². The molecule has 2 N–H and O–H groups in total. The Kier molecular flexibility index (Phi) is 2.91. The highest BCUT2D eigenvalue weighted by molar-refractivity contribution is 5.53. The summed E-state index contributed by atoms with van der Waals surface area (Å²) in [4.78, 5) is 4.56. The monoisotopic (exact) mass is 252 g/mol. The fourth-order valence-corrected chi connectivity index (χ4v) is 2.23. The van der Waals surface area contributed by atoms with Gasteiger partial charge in [-0.1, -0.05) is 30.3 Å². The van der Waals surface area contributed by atoms with Gasteiger partial charge in [-0.05, 0) is 30.5 Å². The summed E-state index contributed by atoms with van der Waals surface area (Å²) >= 11 is 0. The lowest BCUT2D eigenvalue weighted by Crippen LogP contribution is -1.95. The van der Waals surface area contributed by atoms with Gasteiger partial charge in [0.25, 0.3) is 0 Å². The van der Waals surface area contributed by atoms with Gasteiger partial charge in [-0.3, -0.25) is 0 Å². The van der Waals surface area contributed by atoms with E-state index in [4.69, 9.17) is 5.73 Å². The summed E-state index contributed by atoms with van der Waals surface area (Å²) < 4.78 is 1.77. The second-order valence-electron chi connectivity index (χ2n) is 4.74. The lowest BCUT2D eigenvalue weighted by atomic mass is 10.1. The van der Waals surface area contributed by atoms with Crippen molar-refractivity contribution in [1.29, 1.82) is 0 Å². The Morgan fingerprint density at radius 3 is 2.74 bits per heavy atom. The molecule has 96 valence electrons. The Morgan fingerprint density at radius 2 is 1.95 bits per heavy atom. The number of hydrogen-bond donors (Lipinski definition) is 1. The Bertz CT molecular complexity index is 701. The topological polar surface area (TPSA) is 56.2 Å². The van der Waals surface area contributed by atoms with E-state index < -0.39 is 0 Å². The summed E-state index contributed by atoms with van der Waals surface area (Å²) in [6.07, 6.45) is 3.60. The van der Waals surface area contributed by atoms with Gasteiger partial charge in [0.1, 0.15) is 0 Å². The SMILES string of the molecule is Cc1cc(N)cn2nc(CCc3ccccc3)nc12. The summed E-state index contributed by atoms with van der Waals surface area (Å²) in [6, 6.07) is 12.3. The number of nitrogens with zero attached hydrogens (tertiary/aromatic N) is 3. The first-order chi connectivity index (χ1) is 9.22. The van der Waals surface area contributed by atoms with Crippen molar-refractivity contribution in [3.8, 4) is 0 Å². The molecule has 0 radical (unpaired) electrons. The number of benzene rings is 1. The third-order valence-electron chi connectivity index (χ3n) is 3.16. The van der Waals surface area contributed by atoms with Gasteiger partial charge in [0.05, 0.1) is 11.9 Å². The first-order valence-electron chi connectivity index (χ1n) is 6.38. The summed E-state index contributed by atoms with van der Waals surface area (Å²) in [7, 11) is 0. The predicted molar refractivity (Wildman–Crippen MR) is 76.0 cm³/mol. The van der Waals surface area contributed by atoms with Crippen molar-refractivity contribution in [3.63, 3.8) is 0 Å². The highest BCUT2D eigenvalue weighted by Gasteiger charge is 2.07. The first kappa shape index (κ1) is 11.7. The average Bonchev–Trinajstić information content (AvgIpc) is 2.81. The van der Waals surface area contributed by atoms with E-state index in [1.807, 2.05) is 19.1 Å². The van der Waals surface area contributed by atoms with Crippen LogP contribution in [0.15, 0.2) is 42.6 Å². The van der Waals surface area contributed by atoms with Crippen molar-refractivity contribution in [3.05, 3.63) is 59.5 Å². The zero-order valence-corrected chi connectivity index (χ0v) is 10.9. The van der Waals surface area contributed by atoms with Gasteiger partial charge in [0.15, 0.2) is 11.5 Å². The van der Waals surface area contributed by atoms with Crippen LogP contribution in [0.5, 0.6) is 0 Å². The van der Waals surface area contributed by atoms with Crippen LogP contribution >= 0.6 is 0 Å². The molecule has 1 aromatic carbocycles. The summed E-state index contributed by atoms with van der Waals surface area (Å²) in [6.45, 7) is 2.00. The van der Waals surface area contributed by atoms with E-state index in [2.05, 4.69) is 34.3 Å². The summed E-state index contributed by atoms with van der Waals surface area (Å²) in [5, 5.41) is 4.48. The van der Waals surface area contributed by atoms with Crippen LogP contribution in [0, 0.1) is 6.92 Å². The van der Waals surface area contributed by atoms with Gasteiger partial charge in [-0.15, -0.1) is 0 Å². The Balaban J connectivity index is 1.84. The number of anilines is 1. The average molecular weight is 252 g/mol. The maximum Gasteiger partial charge on any atom is 0.158 e. The molecule has 2 aromatic heterocycles. The molecule has 0 fully saturated rings. The van der Waals surface area contributed by atoms with Crippen LogP contribution in [0.25, 0.3) is 5.65 Å². The van der Waals surface area contributed by atoms with Crippen molar-refractivity contribution in [2.24, 2.45) is 0 Å². The molecule has 0 spiro atoms. The Morgan fingerprint density at radius 1 is 1.16 bits per heavy atom. The number of rotatable bonds is 3. The smallest absolute Gasteiger partial charge is 0.158 e. The van der Waals surface area contributed by atoms with Gasteiger partial charge in [0.2, 0.25) is 0 Å². The largest absolute Gasteiger partial charge is 0.397 e.